The van der Waals surface area contributed by atoms with Crippen molar-refractivity contribution in [2.24, 2.45) is 0 Å². The molecule has 19 heavy (non-hydrogen) atoms. The highest BCUT2D eigenvalue weighted by Crippen LogP contribution is 2.34. The second kappa shape index (κ2) is 5.38. The number of halogens is 4. The zero-order valence-electron chi connectivity index (χ0n) is 9.97. The Hall–Kier alpha value is -1.27. The van der Waals surface area contributed by atoms with Crippen molar-refractivity contribution < 1.29 is 13.2 Å². The Morgan fingerprint density at radius 3 is 2.11 bits per heavy atom. The van der Waals surface area contributed by atoms with Crippen LogP contribution < -0.4 is 0 Å². The van der Waals surface area contributed by atoms with Crippen LogP contribution in [0.1, 0.15) is 5.69 Å². The van der Waals surface area contributed by atoms with Crippen molar-refractivity contribution in [1.82, 2.24) is 9.97 Å². The summed E-state index contributed by atoms with van der Waals surface area (Å²) in [6.07, 6.45) is 1.75. The maximum atomic E-state index is 13.7. The van der Waals surface area contributed by atoms with Crippen molar-refractivity contribution >= 4 is 23.4 Å². The van der Waals surface area contributed by atoms with Gasteiger partial charge < -0.3 is 0 Å². The molecule has 1 aromatic carbocycles. The number of thioether (sulfide) groups is 1. The lowest BCUT2D eigenvalue weighted by molar-refractivity contribution is 0.547. The Bertz CT molecular complexity index is 603. The topological polar surface area (TPSA) is 25.8 Å². The molecule has 0 unspecified atom stereocenters. The van der Waals surface area contributed by atoms with Crippen LogP contribution in [0.5, 0.6) is 0 Å². The van der Waals surface area contributed by atoms with E-state index in [0.29, 0.717) is 23.0 Å². The molecule has 1 heterocycles. The lowest BCUT2D eigenvalue weighted by Gasteiger charge is -2.10. The van der Waals surface area contributed by atoms with Gasteiger partial charge in [0.2, 0.25) is 0 Å². The minimum absolute atomic E-state index is 0.0365. The standard InChI is InChI=1S/C12H8ClF3N2S/c1-5-9(11(13)18-12(17-5)19-2)10-7(15)3-6(14)4-8(10)16/h3-4H,1-2H3. The van der Waals surface area contributed by atoms with Crippen LogP contribution in [-0.4, -0.2) is 16.2 Å². The molecule has 2 rings (SSSR count). The molecule has 0 N–H and O–H groups in total. The van der Waals surface area contributed by atoms with Gasteiger partial charge in [0.05, 0.1) is 11.3 Å². The predicted octanol–water partition coefficient (Wildman–Crippen LogP) is 4.24. The van der Waals surface area contributed by atoms with E-state index in [0.717, 1.165) is 0 Å². The molecule has 0 spiro atoms. The van der Waals surface area contributed by atoms with Gasteiger partial charge >= 0.3 is 0 Å². The minimum atomic E-state index is -1.04. The third-order valence-corrected chi connectivity index (χ3v) is 3.29. The van der Waals surface area contributed by atoms with Gasteiger partial charge in [-0.25, -0.2) is 23.1 Å². The molecule has 2 aromatic rings. The van der Waals surface area contributed by atoms with Crippen LogP contribution >= 0.6 is 23.4 Å². The van der Waals surface area contributed by atoms with Gasteiger partial charge in [-0.3, -0.25) is 0 Å². The molecule has 0 bridgehead atoms. The van der Waals surface area contributed by atoms with Gasteiger partial charge in [0.25, 0.3) is 0 Å². The fourth-order valence-electron chi connectivity index (χ4n) is 1.67. The van der Waals surface area contributed by atoms with E-state index in [4.69, 9.17) is 11.6 Å². The molecule has 0 saturated carbocycles. The zero-order chi connectivity index (χ0) is 14.2. The summed E-state index contributed by atoms with van der Waals surface area (Å²) < 4.78 is 40.4. The Morgan fingerprint density at radius 2 is 1.63 bits per heavy atom. The van der Waals surface area contributed by atoms with Gasteiger partial charge in [-0.2, -0.15) is 0 Å². The third-order valence-electron chi connectivity index (χ3n) is 2.46. The van der Waals surface area contributed by atoms with Gasteiger partial charge in [-0.05, 0) is 13.2 Å². The van der Waals surface area contributed by atoms with E-state index in [1.807, 2.05) is 0 Å². The summed E-state index contributed by atoms with van der Waals surface area (Å²) in [4.78, 5) is 8.00. The number of nitrogens with zero attached hydrogens (tertiary/aromatic N) is 2. The van der Waals surface area contributed by atoms with Gasteiger partial charge in [-0.1, -0.05) is 23.4 Å². The van der Waals surface area contributed by atoms with E-state index < -0.39 is 23.0 Å². The maximum Gasteiger partial charge on any atom is 0.188 e. The van der Waals surface area contributed by atoms with Crippen LogP contribution in [-0.2, 0) is 0 Å². The SMILES string of the molecule is CSc1nc(C)c(-c2c(F)cc(F)cc2F)c(Cl)n1. The summed E-state index contributed by atoms with van der Waals surface area (Å²) in [5.41, 5.74) is -0.0558. The van der Waals surface area contributed by atoms with Gasteiger partial charge in [0, 0.05) is 17.7 Å². The van der Waals surface area contributed by atoms with Crippen LogP contribution in [0.3, 0.4) is 0 Å². The van der Waals surface area contributed by atoms with E-state index in [1.165, 1.54) is 11.8 Å². The average molecular weight is 305 g/mol. The molecule has 0 amide bonds. The van der Waals surface area contributed by atoms with E-state index in [9.17, 15) is 13.2 Å². The number of hydrogen-bond acceptors (Lipinski definition) is 3. The van der Waals surface area contributed by atoms with Crippen LogP contribution in [0, 0.1) is 24.4 Å². The highest BCUT2D eigenvalue weighted by atomic mass is 35.5. The number of aromatic nitrogens is 2. The Kier molecular flexibility index (Phi) is 4.01. The molecule has 0 saturated heterocycles. The average Bonchev–Trinajstić information content (AvgIpc) is 2.31. The molecule has 100 valence electrons. The smallest absolute Gasteiger partial charge is 0.188 e. The molecule has 0 aliphatic rings. The number of benzene rings is 1. The van der Waals surface area contributed by atoms with Gasteiger partial charge in [0.15, 0.2) is 5.16 Å². The van der Waals surface area contributed by atoms with Gasteiger partial charge in [0.1, 0.15) is 22.6 Å². The van der Waals surface area contributed by atoms with Crippen molar-refractivity contribution in [2.75, 3.05) is 6.26 Å². The largest absolute Gasteiger partial charge is 0.227 e. The molecular formula is C12H8ClF3N2S. The van der Waals surface area contributed by atoms with E-state index in [-0.39, 0.29) is 10.7 Å². The highest BCUT2D eigenvalue weighted by Gasteiger charge is 2.20. The molecule has 2 nitrogen and oxygen atoms in total. The molecule has 0 radical (unpaired) electrons. The van der Waals surface area contributed by atoms with Crippen molar-refractivity contribution in [3.05, 3.63) is 40.4 Å². The number of rotatable bonds is 2. The van der Waals surface area contributed by atoms with Crippen LogP contribution in [0.15, 0.2) is 17.3 Å². The maximum absolute atomic E-state index is 13.7. The summed E-state index contributed by atoms with van der Waals surface area (Å²) in [7, 11) is 0. The lowest BCUT2D eigenvalue weighted by Crippen LogP contribution is -2.00. The summed E-state index contributed by atoms with van der Waals surface area (Å²) in [5.74, 6) is -3.07. The monoisotopic (exact) mass is 304 g/mol. The lowest BCUT2D eigenvalue weighted by atomic mass is 10.0. The summed E-state index contributed by atoms with van der Waals surface area (Å²) in [6.45, 7) is 1.56. The first-order valence-corrected chi connectivity index (χ1v) is 6.77. The normalized spacial score (nSPS) is 10.8. The van der Waals surface area contributed by atoms with Crippen LogP contribution in [0.2, 0.25) is 5.15 Å². The molecule has 0 aliphatic heterocycles. The van der Waals surface area contributed by atoms with Crippen LogP contribution in [0.4, 0.5) is 13.2 Å². The van der Waals surface area contributed by atoms with Crippen molar-refractivity contribution in [1.29, 1.82) is 0 Å². The second-order valence-electron chi connectivity index (χ2n) is 3.71. The quantitative estimate of drug-likeness (QED) is 0.471. The molecule has 1 aromatic heterocycles. The van der Waals surface area contributed by atoms with Crippen molar-refractivity contribution in [3.63, 3.8) is 0 Å². The van der Waals surface area contributed by atoms with Crippen molar-refractivity contribution in [3.8, 4) is 11.1 Å². The van der Waals surface area contributed by atoms with Crippen molar-refractivity contribution in [2.45, 2.75) is 12.1 Å². The second-order valence-corrected chi connectivity index (χ2v) is 4.84. The van der Waals surface area contributed by atoms with E-state index >= 15 is 0 Å². The molecular weight excluding hydrogens is 297 g/mol. The fourth-order valence-corrected chi connectivity index (χ4v) is 2.44. The Labute approximate surface area is 117 Å². The van der Waals surface area contributed by atoms with E-state index in [2.05, 4.69) is 9.97 Å². The Balaban J connectivity index is 2.73. The molecule has 0 aliphatic carbocycles. The molecule has 0 fully saturated rings. The first-order valence-electron chi connectivity index (χ1n) is 5.17. The predicted molar refractivity (Wildman–Crippen MR) is 68.9 cm³/mol. The summed E-state index contributed by atoms with van der Waals surface area (Å²) in [6, 6.07) is 1.19. The first kappa shape index (κ1) is 14.1. The van der Waals surface area contributed by atoms with Gasteiger partial charge in [-0.15, -0.1) is 0 Å². The fraction of sp³-hybridized carbons (Fsp3) is 0.167. The number of hydrogen-bond donors (Lipinski definition) is 0. The molecule has 7 heteroatoms. The summed E-state index contributed by atoms with van der Waals surface area (Å²) >= 11 is 7.20. The van der Waals surface area contributed by atoms with E-state index in [1.54, 1.807) is 13.2 Å². The minimum Gasteiger partial charge on any atom is -0.227 e. The summed E-state index contributed by atoms with van der Waals surface area (Å²) in [5, 5.41) is 0.329. The first-order chi connectivity index (χ1) is 8.93. The van der Waals surface area contributed by atoms with Crippen LogP contribution in [0.25, 0.3) is 11.1 Å². The number of aryl methyl sites for hydroxylation is 1. The third kappa shape index (κ3) is 2.69. The molecule has 0 atom stereocenters. The highest BCUT2D eigenvalue weighted by molar-refractivity contribution is 7.98. The Morgan fingerprint density at radius 1 is 1.05 bits per heavy atom. The zero-order valence-corrected chi connectivity index (χ0v) is 11.5.